The monoisotopic (exact) mass is 418 g/mol. The number of rotatable bonds is 5. The van der Waals surface area contributed by atoms with Crippen LogP contribution in [0.4, 0.5) is 14.6 Å². The van der Waals surface area contributed by atoms with E-state index in [0.717, 1.165) is 18.6 Å². The van der Waals surface area contributed by atoms with Crippen LogP contribution >= 0.6 is 0 Å². The van der Waals surface area contributed by atoms with Crippen LogP contribution in [0.5, 0.6) is 0 Å². The highest BCUT2D eigenvalue weighted by atomic mass is 19.1. The fraction of sp³-hybridized carbons (Fsp3) is 0.474. The number of anilines is 1. The van der Waals surface area contributed by atoms with E-state index in [2.05, 4.69) is 30.8 Å². The molecule has 0 bridgehead atoms. The predicted octanol–water partition coefficient (Wildman–Crippen LogP) is 0.756. The molecule has 0 aromatic carbocycles. The molecule has 11 heteroatoms. The van der Waals surface area contributed by atoms with E-state index in [1.54, 1.807) is 0 Å². The maximum absolute atomic E-state index is 13.9. The van der Waals surface area contributed by atoms with E-state index in [-0.39, 0.29) is 41.7 Å². The zero-order chi connectivity index (χ0) is 21.0. The summed E-state index contributed by atoms with van der Waals surface area (Å²) >= 11 is 0. The van der Waals surface area contributed by atoms with Crippen LogP contribution in [-0.4, -0.2) is 67.3 Å². The van der Waals surface area contributed by atoms with Gasteiger partial charge >= 0.3 is 0 Å². The topological polar surface area (TPSA) is 136 Å². The van der Waals surface area contributed by atoms with Crippen LogP contribution in [-0.2, 0) is 0 Å². The Morgan fingerprint density at radius 3 is 2.87 bits per heavy atom. The molecule has 0 spiro atoms. The lowest BCUT2D eigenvalue weighted by molar-refractivity contribution is 0.0201. The number of hydrogen-bond acceptors (Lipinski definition) is 7. The number of fused-ring (bicyclic) bond motifs is 2. The van der Waals surface area contributed by atoms with Crippen LogP contribution in [0, 0.1) is 11.8 Å². The minimum atomic E-state index is -1.36. The Labute approximate surface area is 169 Å². The van der Waals surface area contributed by atoms with E-state index in [0.29, 0.717) is 11.2 Å². The highest BCUT2D eigenvalue weighted by Gasteiger charge is 2.59. The number of aromatic nitrogens is 4. The third-order valence-electron chi connectivity index (χ3n) is 6.09. The number of alkyl halides is 1. The van der Waals surface area contributed by atoms with Gasteiger partial charge in [0.15, 0.2) is 5.65 Å². The minimum Gasteiger partial charge on any atom is -0.390 e. The number of aromatic amines is 1. The van der Waals surface area contributed by atoms with Crippen molar-refractivity contribution in [1.29, 1.82) is 0 Å². The Bertz CT molecular complexity index is 1070. The first kappa shape index (κ1) is 19.1. The number of carbonyl (C=O) groups excluding carboxylic acids is 1. The molecule has 1 amide bonds. The lowest BCUT2D eigenvalue weighted by Crippen LogP contribution is -2.38. The largest absolute Gasteiger partial charge is 0.390 e. The maximum Gasteiger partial charge on any atom is 0.270 e. The van der Waals surface area contributed by atoms with E-state index < -0.39 is 36.2 Å². The Hall–Kier alpha value is -2.92. The van der Waals surface area contributed by atoms with Gasteiger partial charge in [-0.05, 0) is 36.0 Å². The lowest BCUT2D eigenvalue weighted by Gasteiger charge is -2.22. The number of allylic oxidation sites excluding steroid dienone is 3. The second-order valence-corrected chi connectivity index (χ2v) is 7.93. The first-order valence-electron chi connectivity index (χ1n) is 9.74. The zero-order valence-electron chi connectivity index (χ0n) is 15.7. The summed E-state index contributed by atoms with van der Waals surface area (Å²) in [4.78, 5) is 20.9. The number of hydrogen-bond donors (Lipinski definition) is 5. The van der Waals surface area contributed by atoms with Crippen molar-refractivity contribution in [2.45, 2.75) is 37.3 Å². The van der Waals surface area contributed by atoms with Crippen molar-refractivity contribution in [3.63, 3.8) is 0 Å². The van der Waals surface area contributed by atoms with Gasteiger partial charge in [-0.25, -0.2) is 18.7 Å². The molecule has 2 heterocycles. The second kappa shape index (κ2) is 7.10. The Balaban J connectivity index is 1.37. The van der Waals surface area contributed by atoms with Crippen LogP contribution in [0.1, 0.15) is 23.3 Å². The first-order valence-corrected chi connectivity index (χ1v) is 9.74. The number of aliphatic hydroxyl groups excluding tert-OH is 2. The molecule has 2 saturated carbocycles. The SMILES string of the molecule is O=C(NCC1=CC(F)=CCC1F)c1[nH]nc2ncnc(N[C@H]3[C@H](O)[C@H](O)[C@@H]4C[C@@H]43)c12. The Kier molecular flexibility index (Phi) is 4.51. The fourth-order valence-electron chi connectivity index (χ4n) is 4.37. The summed E-state index contributed by atoms with van der Waals surface area (Å²) in [5.74, 6) is -0.608. The molecule has 5 N–H and O–H groups in total. The fourth-order valence-corrected chi connectivity index (χ4v) is 4.37. The van der Waals surface area contributed by atoms with Gasteiger partial charge in [0.25, 0.3) is 5.91 Å². The Morgan fingerprint density at radius 2 is 2.10 bits per heavy atom. The van der Waals surface area contributed by atoms with Crippen LogP contribution in [0.25, 0.3) is 11.0 Å². The molecule has 2 aromatic rings. The Morgan fingerprint density at radius 1 is 1.27 bits per heavy atom. The average Bonchev–Trinajstić information content (AvgIpc) is 3.34. The van der Waals surface area contributed by atoms with Gasteiger partial charge < -0.3 is 20.8 Å². The molecule has 158 valence electrons. The normalized spacial score (nSPS) is 32.4. The van der Waals surface area contributed by atoms with Gasteiger partial charge in [-0.3, -0.25) is 9.89 Å². The summed E-state index contributed by atoms with van der Waals surface area (Å²) in [5.41, 5.74) is 0.452. The van der Waals surface area contributed by atoms with Gasteiger partial charge in [-0.2, -0.15) is 5.10 Å². The van der Waals surface area contributed by atoms with Gasteiger partial charge in [-0.15, -0.1) is 0 Å². The number of nitrogens with one attached hydrogen (secondary N) is 3. The van der Waals surface area contributed by atoms with Gasteiger partial charge in [-0.1, -0.05) is 0 Å². The molecule has 6 atom stereocenters. The summed E-state index contributed by atoms with van der Waals surface area (Å²) in [6.07, 6.45) is 1.18. The zero-order valence-corrected chi connectivity index (χ0v) is 15.7. The molecule has 5 rings (SSSR count). The van der Waals surface area contributed by atoms with E-state index >= 15 is 0 Å². The third-order valence-corrected chi connectivity index (χ3v) is 6.09. The molecule has 0 radical (unpaired) electrons. The summed E-state index contributed by atoms with van der Waals surface area (Å²) in [6.45, 7) is -0.157. The van der Waals surface area contributed by atoms with Gasteiger partial charge in [0.05, 0.1) is 17.5 Å². The molecular formula is C19H20F2N6O3. The van der Waals surface area contributed by atoms with Gasteiger partial charge in [0, 0.05) is 13.0 Å². The van der Waals surface area contributed by atoms with Crippen molar-refractivity contribution < 1.29 is 23.8 Å². The number of H-pyrrole nitrogens is 1. The van der Waals surface area contributed by atoms with E-state index in [1.165, 1.54) is 6.33 Å². The van der Waals surface area contributed by atoms with Crippen molar-refractivity contribution in [3.05, 3.63) is 35.6 Å². The molecule has 2 aromatic heterocycles. The average molecular weight is 418 g/mol. The first-order chi connectivity index (χ1) is 14.4. The van der Waals surface area contributed by atoms with Gasteiger partial charge in [0.2, 0.25) is 0 Å². The molecular weight excluding hydrogens is 398 g/mol. The quantitative estimate of drug-likeness (QED) is 0.484. The van der Waals surface area contributed by atoms with E-state index in [1.807, 2.05) is 0 Å². The van der Waals surface area contributed by atoms with Crippen molar-refractivity contribution in [1.82, 2.24) is 25.5 Å². The summed E-state index contributed by atoms with van der Waals surface area (Å²) in [7, 11) is 0. The van der Waals surface area contributed by atoms with Crippen LogP contribution < -0.4 is 10.6 Å². The third kappa shape index (κ3) is 3.14. The number of amides is 1. The standard InChI is InChI=1S/C19H20F2N6O3/c20-8-1-2-11(21)7(3-8)5-22-19(30)14-12-17(23-6-24-18(12)27-26-14)25-13-9-4-10(9)15(28)16(13)29/h1,3,6,9-11,13,15-16,28-29H,2,4-5H2,(H,22,30)(H2,23,24,25,26,27)/t9-,10+,11?,13+,15+,16-/m0/s1. The molecule has 30 heavy (non-hydrogen) atoms. The molecule has 9 nitrogen and oxygen atoms in total. The highest BCUT2D eigenvalue weighted by Crippen LogP contribution is 2.52. The number of aliphatic hydroxyl groups is 2. The van der Waals surface area contributed by atoms with Crippen LogP contribution in [0.3, 0.4) is 0 Å². The predicted molar refractivity (Wildman–Crippen MR) is 102 cm³/mol. The maximum atomic E-state index is 13.9. The number of halogens is 2. The summed E-state index contributed by atoms with van der Waals surface area (Å²) < 4.78 is 27.3. The summed E-state index contributed by atoms with van der Waals surface area (Å²) in [6, 6.07) is -0.400. The smallest absolute Gasteiger partial charge is 0.270 e. The molecule has 3 aliphatic rings. The van der Waals surface area contributed by atoms with Crippen molar-refractivity contribution in [2.24, 2.45) is 11.8 Å². The van der Waals surface area contributed by atoms with Crippen molar-refractivity contribution in [2.75, 3.05) is 11.9 Å². The lowest BCUT2D eigenvalue weighted by atomic mass is 10.0. The summed E-state index contributed by atoms with van der Waals surface area (Å²) in [5, 5.41) is 32.9. The van der Waals surface area contributed by atoms with Crippen LogP contribution in [0.2, 0.25) is 0 Å². The molecule has 0 aliphatic heterocycles. The van der Waals surface area contributed by atoms with Gasteiger partial charge in [0.1, 0.15) is 35.9 Å². The molecule has 0 saturated heterocycles. The highest BCUT2D eigenvalue weighted by molar-refractivity contribution is 6.07. The molecule has 1 unspecified atom stereocenters. The van der Waals surface area contributed by atoms with Crippen molar-refractivity contribution >= 4 is 22.8 Å². The second-order valence-electron chi connectivity index (χ2n) is 7.93. The van der Waals surface area contributed by atoms with E-state index in [4.69, 9.17) is 0 Å². The molecule has 2 fully saturated rings. The number of carbonyl (C=O) groups is 1. The van der Waals surface area contributed by atoms with Crippen molar-refractivity contribution in [3.8, 4) is 0 Å². The van der Waals surface area contributed by atoms with Crippen LogP contribution in [0.15, 0.2) is 29.9 Å². The minimum absolute atomic E-state index is 0.0637. The molecule has 3 aliphatic carbocycles. The number of nitrogens with zero attached hydrogens (tertiary/aromatic N) is 3. The van der Waals surface area contributed by atoms with E-state index in [9.17, 15) is 23.8 Å².